The highest BCUT2D eigenvalue weighted by molar-refractivity contribution is 5.94. The summed E-state index contributed by atoms with van der Waals surface area (Å²) in [5.74, 6) is -0.476. The molecule has 0 radical (unpaired) electrons. The van der Waals surface area contributed by atoms with Crippen molar-refractivity contribution in [3.8, 4) is 22.4 Å². The van der Waals surface area contributed by atoms with Gasteiger partial charge in [-0.2, -0.15) is 5.10 Å². The lowest BCUT2D eigenvalue weighted by molar-refractivity contribution is 0.0946. The molecule has 0 spiro atoms. The van der Waals surface area contributed by atoms with Gasteiger partial charge >= 0.3 is 0 Å². The topological polar surface area (TPSA) is 73.6 Å². The van der Waals surface area contributed by atoms with E-state index < -0.39 is 0 Å². The first-order valence-corrected chi connectivity index (χ1v) is 8.51. The number of benzene rings is 2. The third-order valence-corrected chi connectivity index (χ3v) is 4.31. The lowest BCUT2D eigenvalue weighted by Gasteiger charge is -2.03. The average molecular weight is 360 g/mol. The van der Waals surface area contributed by atoms with Crippen molar-refractivity contribution in [3.05, 3.63) is 90.1 Å². The predicted octanol–water partition coefficient (Wildman–Crippen LogP) is 4.14. The van der Waals surface area contributed by atoms with Gasteiger partial charge < -0.3 is 10.3 Å². The van der Waals surface area contributed by atoms with Crippen LogP contribution in [-0.4, -0.2) is 21.1 Å². The van der Waals surface area contributed by atoms with Gasteiger partial charge in [-0.15, -0.1) is 0 Å². The minimum atomic E-state index is -0.289. The van der Waals surface area contributed by atoms with Gasteiger partial charge in [-0.1, -0.05) is 42.5 Å². The van der Waals surface area contributed by atoms with Gasteiger partial charge in [0.15, 0.2) is 0 Å². The van der Waals surface area contributed by atoms with Crippen LogP contribution < -0.4 is 5.32 Å². The molecule has 0 fully saturated rings. The highest BCUT2D eigenvalue weighted by Gasteiger charge is 2.14. The fourth-order valence-electron chi connectivity index (χ4n) is 2.90. The number of carbonyl (C=O) groups is 1. The molecule has 3 N–H and O–H groups in total. The Labute approximate surface area is 155 Å². The molecular weight excluding hydrogens is 343 g/mol. The van der Waals surface area contributed by atoms with E-state index in [-0.39, 0.29) is 11.7 Å². The highest BCUT2D eigenvalue weighted by Crippen LogP contribution is 2.30. The van der Waals surface area contributed by atoms with Crippen LogP contribution in [0.2, 0.25) is 0 Å². The Hall–Kier alpha value is -3.67. The molecule has 0 atom stereocenters. The van der Waals surface area contributed by atoms with Gasteiger partial charge in [0.1, 0.15) is 11.5 Å². The van der Waals surface area contributed by atoms with Crippen LogP contribution in [0.15, 0.2) is 73.1 Å². The summed E-state index contributed by atoms with van der Waals surface area (Å²) in [7, 11) is 0. The molecule has 0 saturated heterocycles. The van der Waals surface area contributed by atoms with Crippen LogP contribution in [0.1, 0.15) is 16.1 Å². The number of H-pyrrole nitrogens is 2. The fraction of sp³-hybridized carbons (Fsp3) is 0.0476. The fourth-order valence-corrected chi connectivity index (χ4v) is 2.90. The molecule has 4 rings (SSSR count). The molecule has 6 heteroatoms. The van der Waals surface area contributed by atoms with Gasteiger partial charge in [0.05, 0.1) is 11.9 Å². The smallest absolute Gasteiger partial charge is 0.267 e. The first-order valence-electron chi connectivity index (χ1n) is 8.51. The number of halogens is 1. The monoisotopic (exact) mass is 360 g/mol. The van der Waals surface area contributed by atoms with Crippen molar-refractivity contribution in [3.63, 3.8) is 0 Å². The first kappa shape index (κ1) is 16.8. The molecule has 0 bridgehead atoms. The number of nitrogens with one attached hydrogen (secondary N) is 3. The number of hydrogen-bond acceptors (Lipinski definition) is 2. The molecule has 0 aliphatic rings. The van der Waals surface area contributed by atoms with Crippen LogP contribution in [-0.2, 0) is 6.54 Å². The number of aromatic amines is 2. The average Bonchev–Trinajstić information content (AvgIpc) is 3.37. The maximum atomic E-state index is 13.2. The van der Waals surface area contributed by atoms with E-state index in [1.54, 1.807) is 30.6 Å². The zero-order chi connectivity index (χ0) is 18.6. The highest BCUT2D eigenvalue weighted by atomic mass is 19.1. The van der Waals surface area contributed by atoms with Gasteiger partial charge in [0.2, 0.25) is 0 Å². The van der Waals surface area contributed by atoms with E-state index in [1.807, 2.05) is 30.3 Å². The molecule has 134 valence electrons. The molecule has 27 heavy (non-hydrogen) atoms. The summed E-state index contributed by atoms with van der Waals surface area (Å²) in [5.41, 5.74) is 4.74. The van der Waals surface area contributed by atoms with Crippen molar-refractivity contribution < 1.29 is 9.18 Å². The predicted molar refractivity (Wildman–Crippen MR) is 101 cm³/mol. The van der Waals surface area contributed by atoms with E-state index in [1.165, 1.54) is 12.1 Å². The van der Waals surface area contributed by atoms with Crippen LogP contribution >= 0.6 is 0 Å². The Morgan fingerprint density at radius 3 is 2.59 bits per heavy atom. The van der Waals surface area contributed by atoms with Crippen molar-refractivity contribution in [2.75, 3.05) is 0 Å². The number of rotatable bonds is 5. The van der Waals surface area contributed by atoms with Crippen LogP contribution in [0, 0.1) is 5.82 Å². The SMILES string of the molecule is O=C(NCc1ccccc1)c1cc(-c2[nH]ncc2-c2ccc(F)cc2)c[nH]1. The molecular formula is C21H17FN4O. The number of nitrogens with zero attached hydrogens (tertiary/aromatic N) is 1. The molecule has 2 aromatic carbocycles. The van der Waals surface area contributed by atoms with Crippen molar-refractivity contribution in [2.24, 2.45) is 0 Å². The van der Waals surface area contributed by atoms with Crippen molar-refractivity contribution in [1.29, 1.82) is 0 Å². The molecule has 4 aromatic rings. The Balaban J connectivity index is 1.52. The maximum Gasteiger partial charge on any atom is 0.267 e. The lowest BCUT2D eigenvalue weighted by atomic mass is 10.0. The maximum absolute atomic E-state index is 13.2. The van der Waals surface area contributed by atoms with Crippen molar-refractivity contribution in [1.82, 2.24) is 20.5 Å². The van der Waals surface area contributed by atoms with Gasteiger partial charge in [-0.05, 0) is 29.3 Å². The quantitative estimate of drug-likeness (QED) is 0.500. The summed E-state index contributed by atoms with van der Waals surface area (Å²) in [6.45, 7) is 0.457. The number of aromatic nitrogens is 3. The number of carbonyl (C=O) groups excluding carboxylic acids is 1. The molecule has 0 aliphatic heterocycles. The molecule has 2 heterocycles. The Kier molecular flexibility index (Phi) is 4.53. The molecule has 0 aliphatic carbocycles. The Morgan fingerprint density at radius 2 is 1.81 bits per heavy atom. The van der Waals surface area contributed by atoms with E-state index in [4.69, 9.17) is 0 Å². The number of hydrogen-bond donors (Lipinski definition) is 3. The second-order valence-electron chi connectivity index (χ2n) is 6.14. The third-order valence-electron chi connectivity index (χ3n) is 4.31. The molecule has 0 saturated carbocycles. The van der Waals surface area contributed by atoms with Crippen molar-refractivity contribution in [2.45, 2.75) is 6.54 Å². The summed E-state index contributed by atoms with van der Waals surface area (Å²) in [4.78, 5) is 15.4. The summed E-state index contributed by atoms with van der Waals surface area (Å²) < 4.78 is 13.2. The summed E-state index contributed by atoms with van der Waals surface area (Å²) in [6.07, 6.45) is 3.43. The summed E-state index contributed by atoms with van der Waals surface area (Å²) >= 11 is 0. The van der Waals surface area contributed by atoms with Crippen LogP contribution in [0.3, 0.4) is 0 Å². The normalized spacial score (nSPS) is 10.7. The van der Waals surface area contributed by atoms with Crippen LogP contribution in [0.4, 0.5) is 4.39 Å². The Morgan fingerprint density at radius 1 is 1.04 bits per heavy atom. The van der Waals surface area contributed by atoms with E-state index >= 15 is 0 Å². The zero-order valence-corrected chi connectivity index (χ0v) is 14.4. The van der Waals surface area contributed by atoms with E-state index in [0.717, 1.165) is 27.9 Å². The van der Waals surface area contributed by atoms with Gasteiger partial charge in [0, 0.05) is 23.9 Å². The minimum Gasteiger partial charge on any atom is -0.357 e. The second kappa shape index (κ2) is 7.29. The van der Waals surface area contributed by atoms with E-state index in [2.05, 4.69) is 20.5 Å². The molecule has 0 unspecified atom stereocenters. The van der Waals surface area contributed by atoms with Gasteiger partial charge in [-0.3, -0.25) is 9.89 Å². The van der Waals surface area contributed by atoms with Crippen molar-refractivity contribution >= 4 is 5.91 Å². The Bertz CT molecular complexity index is 1050. The minimum absolute atomic E-state index is 0.187. The standard InChI is InChI=1S/C21H17FN4O/c22-17-8-6-15(7-9-17)18-13-25-26-20(18)16-10-19(23-12-16)21(27)24-11-14-4-2-1-3-5-14/h1-10,12-13,23H,11H2,(H,24,27)(H,25,26). The number of amides is 1. The summed E-state index contributed by atoms with van der Waals surface area (Å²) in [5, 5.41) is 9.93. The largest absolute Gasteiger partial charge is 0.357 e. The van der Waals surface area contributed by atoms with Crippen LogP contribution in [0.25, 0.3) is 22.4 Å². The first-order chi connectivity index (χ1) is 13.2. The van der Waals surface area contributed by atoms with Gasteiger partial charge in [0.25, 0.3) is 5.91 Å². The van der Waals surface area contributed by atoms with Crippen LogP contribution in [0.5, 0.6) is 0 Å². The second-order valence-corrected chi connectivity index (χ2v) is 6.14. The molecule has 2 aromatic heterocycles. The zero-order valence-electron chi connectivity index (χ0n) is 14.4. The van der Waals surface area contributed by atoms with Gasteiger partial charge in [-0.25, -0.2) is 4.39 Å². The molecule has 1 amide bonds. The van der Waals surface area contributed by atoms with E-state index in [9.17, 15) is 9.18 Å². The van der Waals surface area contributed by atoms with E-state index in [0.29, 0.717) is 12.2 Å². The summed E-state index contributed by atoms with van der Waals surface area (Å²) in [6, 6.07) is 17.7. The molecule has 5 nitrogen and oxygen atoms in total. The lowest BCUT2D eigenvalue weighted by Crippen LogP contribution is -2.22. The third kappa shape index (κ3) is 3.64.